The molecule has 1 aromatic rings. The molecule has 1 fully saturated rings. The van der Waals surface area contributed by atoms with E-state index < -0.39 is 6.29 Å². The van der Waals surface area contributed by atoms with Crippen LogP contribution < -0.4 is 0 Å². The van der Waals surface area contributed by atoms with Gasteiger partial charge in [0, 0.05) is 10.0 Å². The molecule has 0 saturated carbocycles. The Morgan fingerprint density at radius 1 is 1.16 bits per heavy atom. The minimum absolute atomic E-state index is 0.199. The third-order valence-corrected chi connectivity index (χ3v) is 4.26. The van der Waals surface area contributed by atoms with Crippen molar-refractivity contribution in [2.75, 3.05) is 13.2 Å². The molecule has 1 aromatic carbocycles. The third kappa shape index (κ3) is 2.86. The molecule has 4 heteroatoms. The molecule has 0 atom stereocenters. The van der Waals surface area contributed by atoms with E-state index in [1.165, 1.54) is 0 Å². The van der Waals surface area contributed by atoms with Gasteiger partial charge in [-0.25, -0.2) is 4.39 Å². The maximum absolute atomic E-state index is 14.5. The highest BCUT2D eigenvalue weighted by atomic mass is 79.9. The Bertz CT molecular complexity index is 466. The summed E-state index contributed by atoms with van der Waals surface area (Å²) >= 11 is 3.64. The van der Waals surface area contributed by atoms with E-state index in [1.54, 1.807) is 6.07 Å². The lowest BCUT2D eigenvalue weighted by molar-refractivity contribution is -0.0473. The van der Waals surface area contributed by atoms with Gasteiger partial charge in [-0.15, -0.1) is 0 Å². The number of hydrogen-bond acceptors (Lipinski definition) is 2. The Morgan fingerprint density at radius 3 is 2.21 bits per heavy atom. The van der Waals surface area contributed by atoms with Crippen LogP contribution in [0.3, 0.4) is 0 Å². The van der Waals surface area contributed by atoms with Crippen LogP contribution in [0.25, 0.3) is 0 Å². The minimum Gasteiger partial charge on any atom is -0.346 e. The van der Waals surface area contributed by atoms with E-state index in [2.05, 4.69) is 43.6 Å². The Kier molecular flexibility index (Phi) is 4.64. The minimum atomic E-state index is -0.574. The van der Waals surface area contributed by atoms with Crippen LogP contribution in [0.5, 0.6) is 0 Å². The maximum Gasteiger partial charge on any atom is 0.187 e. The molecule has 1 saturated heterocycles. The fraction of sp³-hybridized carbons (Fsp3) is 0.600. The van der Waals surface area contributed by atoms with Crippen LogP contribution in [0.4, 0.5) is 4.39 Å². The normalized spacial score (nSPS) is 16.8. The van der Waals surface area contributed by atoms with Crippen molar-refractivity contribution in [3.63, 3.8) is 0 Å². The fourth-order valence-corrected chi connectivity index (χ4v) is 3.67. The molecule has 19 heavy (non-hydrogen) atoms. The van der Waals surface area contributed by atoms with Crippen LogP contribution in [0, 0.1) is 5.82 Å². The average Bonchev–Trinajstić information content (AvgIpc) is 2.83. The number of rotatable bonds is 3. The predicted octanol–water partition coefficient (Wildman–Crippen LogP) is 4.88. The van der Waals surface area contributed by atoms with Crippen molar-refractivity contribution in [1.82, 2.24) is 0 Å². The molecule has 0 aromatic heterocycles. The van der Waals surface area contributed by atoms with E-state index in [0.29, 0.717) is 18.8 Å². The van der Waals surface area contributed by atoms with Crippen molar-refractivity contribution < 1.29 is 13.9 Å². The van der Waals surface area contributed by atoms with Crippen molar-refractivity contribution >= 4 is 15.9 Å². The average molecular weight is 331 g/mol. The van der Waals surface area contributed by atoms with Crippen LogP contribution in [0.1, 0.15) is 62.5 Å². The Balaban J connectivity index is 2.61. The molecule has 1 aliphatic heterocycles. The van der Waals surface area contributed by atoms with Crippen LogP contribution in [0.2, 0.25) is 0 Å². The molecular weight excluding hydrogens is 311 g/mol. The SMILES string of the molecule is CC(C)c1cc(F)c(C2OCCO2)c(C(C)C)c1Br. The van der Waals surface area contributed by atoms with E-state index in [1.807, 2.05) is 0 Å². The van der Waals surface area contributed by atoms with E-state index in [4.69, 9.17) is 9.47 Å². The van der Waals surface area contributed by atoms with Gasteiger partial charge in [0.2, 0.25) is 0 Å². The molecule has 0 N–H and O–H groups in total. The molecule has 0 aliphatic carbocycles. The lowest BCUT2D eigenvalue weighted by Crippen LogP contribution is -2.11. The number of ether oxygens (including phenoxy) is 2. The van der Waals surface area contributed by atoms with E-state index in [-0.39, 0.29) is 17.7 Å². The van der Waals surface area contributed by atoms with E-state index >= 15 is 0 Å². The molecule has 0 amide bonds. The summed E-state index contributed by atoms with van der Waals surface area (Å²) in [7, 11) is 0. The zero-order valence-corrected chi connectivity index (χ0v) is 13.4. The van der Waals surface area contributed by atoms with E-state index in [0.717, 1.165) is 15.6 Å². The number of halogens is 2. The fourth-order valence-electron chi connectivity index (χ4n) is 2.43. The number of hydrogen-bond donors (Lipinski definition) is 0. The van der Waals surface area contributed by atoms with E-state index in [9.17, 15) is 4.39 Å². The lowest BCUT2D eigenvalue weighted by Gasteiger charge is -2.23. The maximum atomic E-state index is 14.5. The topological polar surface area (TPSA) is 18.5 Å². The highest BCUT2D eigenvalue weighted by Crippen LogP contribution is 2.40. The van der Waals surface area contributed by atoms with Gasteiger partial charge in [-0.2, -0.15) is 0 Å². The Morgan fingerprint density at radius 2 is 1.74 bits per heavy atom. The standard InChI is InChI=1S/C15H20BrFO2/c1-8(2)10-7-11(17)13(15-18-5-6-19-15)12(9(3)4)14(10)16/h7-9,15H,5-6H2,1-4H3. The van der Waals surface area contributed by atoms with Crippen molar-refractivity contribution in [2.24, 2.45) is 0 Å². The molecule has 1 aliphatic rings. The highest BCUT2D eigenvalue weighted by molar-refractivity contribution is 9.10. The summed E-state index contributed by atoms with van der Waals surface area (Å²) < 4.78 is 26.4. The first kappa shape index (κ1) is 14.9. The van der Waals surface area contributed by atoms with Gasteiger partial charge >= 0.3 is 0 Å². The Labute approximate surface area is 122 Å². The van der Waals surface area contributed by atoms with Gasteiger partial charge in [0.25, 0.3) is 0 Å². The van der Waals surface area contributed by atoms with Crippen LogP contribution in [-0.4, -0.2) is 13.2 Å². The zero-order valence-electron chi connectivity index (χ0n) is 11.8. The first-order valence-corrected chi connectivity index (χ1v) is 7.47. The van der Waals surface area contributed by atoms with Gasteiger partial charge in [0.05, 0.1) is 13.2 Å². The predicted molar refractivity (Wildman–Crippen MR) is 76.9 cm³/mol. The lowest BCUT2D eigenvalue weighted by atomic mass is 9.90. The van der Waals surface area contributed by atoms with Crippen molar-refractivity contribution in [1.29, 1.82) is 0 Å². The highest BCUT2D eigenvalue weighted by Gasteiger charge is 2.29. The summed E-state index contributed by atoms with van der Waals surface area (Å²) in [6, 6.07) is 1.60. The van der Waals surface area contributed by atoms with Gasteiger partial charge in [0.1, 0.15) is 5.82 Å². The third-order valence-electron chi connectivity index (χ3n) is 3.38. The molecule has 0 bridgehead atoms. The zero-order chi connectivity index (χ0) is 14.2. The van der Waals surface area contributed by atoms with Gasteiger partial charge in [-0.1, -0.05) is 43.6 Å². The van der Waals surface area contributed by atoms with Crippen molar-refractivity contribution in [3.05, 3.63) is 33.0 Å². The van der Waals surface area contributed by atoms with Crippen molar-refractivity contribution in [2.45, 2.75) is 45.8 Å². The molecule has 0 radical (unpaired) electrons. The Hall–Kier alpha value is -0.450. The van der Waals surface area contributed by atoms with Crippen LogP contribution >= 0.6 is 15.9 Å². The van der Waals surface area contributed by atoms with Gasteiger partial charge < -0.3 is 9.47 Å². The smallest absolute Gasteiger partial charge is 0.187 e. The van der Waals surface area contributed by atoms with Crippen LogP contribution in [0.15, 0.2) is 10.5 Å². The quantitative estimate of drug-likeness (QED) is 0.786. The monoisotopic (exact) mass is 330 g/mol. The van der Waals surface area contributed by atoms with Crippen LogP contribution in [-0.2, 0) is 9.47 Å². The molecule has 2 nitrogen and oxygen atoms in total. The first-order chi connectivity index (χ1) is 8.93. The first-order valence-electron chi connectivity index (χ1n) is 6.68. The molecule has 1 heterocycles. The summed E-state index contributed by atoms with van der Waals surface area (Å²) in [5.41, 5.74) is 2.49. The summed E-state index contributed by atoms with van der Waals surface area (Å²) in [6.45, 7) is 9.28. The second-order valence-corrected chi connectivity index (χ2v) is 6.26. The molecular formula is C15H20BrFO2. The molecule has 2 rings (SSSR count). The molecule has 0 spiro atoms. The summed E-state index contributed by atoms with van der Waals surface area (Å²) in [5, 5.41) is 0. The van der Waals surface area contributed by atoms with Gasteiger partial charge in [-0.05, 0) is 29.0 Å². The second-order valence-electron chi connectivity index (χ2n) is 5.47. The van der Waals surface area contributed by atoms with Crippen molar-refractivity contribution in [3.8, 4) is 0 Å². The largest absolute Gasteiger partial charge is 0.346 e. The van der Waals surface area contributed by atoms with Gasteiger partial charge in [0.15, 0.2) is 6.29 Å². The number of benzene rings is 1. The second kappa shape index (κ2) is 5.90. The summed E-state index contributed by atoms with van der Waals surface area (Å²) in [6.07, 6.45) is -0.574. The summed E-state index contributed by atoms with van der Waals surface area (Å²) in [5.74, 6) is 0.230. The molecule has 0 unspecified atom stereocenters. The molecule has 106 valence electrons. The summed E-state index contributed by atoms with van der Waals surface area (Å²) in [4.78, 5) is 0. The van der Waals surface area contributed by atoms with Gasteiger partial charge in [-0.3, -0.25) is 0 Å².